The number of aliphatic hydroxyl groups is 1. The van der Waals surface area contributed by atoms with Gasteiger partial charge in [0.1, 0.15) is 17.5 Å². The SMILES string of the molecule is CCCCc1nc2ccc(C(=O)N[C@@H](Cc3cc(F)cc(F)c3)[C@@H](O)CNCc3cccc(CC)c3)cc2c(=O)[nH]1. The van der Waals surface area contributed by atoms with Crippen molar-refractivity contribution in [2.45, 2.75) is 64.6 Å². The zero-order valence-corrected chi connectivity index (χ0v) is 23.3. The molecule has 0 bridgehead atoms. The highest BCUT2D eigenvalue weighted by atomic mass is 19.1. The molecular formula is C32H36F2N4O3. The molecule has 0 spiro atoms. The van der Waals surface area contributed by atoms with Gasteiger partial charge < -0.3 is 20.7 Å². The molecule has 3 aromatic carbocycles. The van der Waals surface area contributed by atoms with Crippen LogP contribution in [0, 0.1) is 11.6 Å². The fraction of sp³-hybridized carbons (Fsp3) is 0.344. The lowest BCUT2D eigenvalue weighted by molar-refractivity contribution is 0.0830. The minimum absolute atomic E-state index is 0.00883. The summed E-state index contributed by atoms with van der Waals surface area (Å²) in [6, 6.07) is 15.0. The van der Waals surface area contributed by atoms with E-state index in [0.717, 1.165) is 30.9 Å². The summed E-state index contributed by atoms with van der Waals surface area (Å²) in [5.74, 6) is -1.42. The molecule has 1 aromatic heterocycles. The third kappa shape index (κ3) is 8.28. The van der Waals surface area contributed by atoms with E-state index in [9.17, 15) is 23.5 Å². The van der Waals surface area contributed by atoms with Crippen LogP contribution in [0.3, 0.4) is 0 Å². The number of H-pyrrole nitrogens is 1. The lowest BCUT2D eigenvalue weighted by atomic mass is 9.99. The van der Waals surface area contributed by atoms with Crippen LogP contribution in [0.4, 0.5) is 8.78 Å². The highest BCUT2D eigenvalue weighted by Crippen LogP contribution is 2.15. The molecule has 7 nitrogen and oxygen atoms in total. The Kier molecular flexibility index (Phi) is 10.3. The smallest absolute Gasteiger partial charge is 0.258 e. The number of hydrogen-bond donors (Lipinski definition) is 4. The maximum atomic E-state index is 13.9. The van der Waals surface area contributed by atoms with Crippen molar-refractivity contribution in [1.29, 1.82) is 0 Å². The zero-order valence-electron chi connectivity index (χ0n) is 23.3. The van der Waals surface area contributed by atoms with Crippen molar-refractivity contribution in [3.05, 3.63) is 111 Å². The van der Waals surface area contributed by atoms with Crippen molar-refractivity contribution in [1.82, 2.24) is 20.6 Å². The van der Waals surface area contributed by atoms with E-state index in [4.69, 9.17) is 0 Å². The normalized spacial score (nSPS) is 12.8. The number of fused-ring (bicyclic) bond motifs is 1. The van der Waals surface area contributed by atoms with Crippen LogP contribution in [-0.2, 0) is 25.8 Å². The number of benzene rings is 3. The molecule has 0 saturated heterocycles. The Morgan fingerprint density at radius 1 is 1.00 bits per heavy atom. The second kappa shape index (κ2) is 14.1. The van der Waals surface area contributed by atoms with E-state index in [1.54, 1.807) is 12.1 Å². The molecule has 1 heterocycles. The Morgan fingerprint density at radius 3 is 2.49 bits per heavy atom. The predicted molar refractivity (Wildman–Crippen MR) is 156 cm³/mol. The Morgan fingerprint density at radius 2 is 1.76 bits per heavy atom. The summed E-state index contributed by atoms with van der Waals surface area (Å²) < 4.78 is 27.8. The van der Waals surface area contributed by atoms with Gasteiger partial charge in [0.25, 0.3) is 11.5 Å². The van der Waals surface area contributed by atoms with Crippen molar-refractivity contribution in [2.24, 2.45) is 0 Å². The number of carbonyl (C=O) groups excluding carboxylic acids is 1. The number of halogens is 2. The maximum Gasteiger partial charge on any atom is 0.258 e. The summed E-state index contributed by atoms with van der Waals surface area (Å²) in [4.78, 5) is 33.3. The maximum absolute atomic E-state index is 13.9. The van der Waals surface area contributed by atoms with Crippen molar-refractivity contribution in [3.8, 4) is 0 Å². The van der Waals surface area contributed by atoms with Crippen LogP contribution in [0.2, 0.25) is 0 Å². The third-order valence-electron chi connectivity index (χ3n) is 7.02. The Bertz CT molecular complexity index is 1540. The summed E-state index contributed by atoms with van der Waals surface area (Å²) >= 11 is 0. The van der Waals surface area contributed by atoms with E-state index < -0.39 is 29.7 Å². The number of unbranched alkanes of at least 4 members (excludes halogenated alkanes) is 1. The van der Waals surface area contributed by atoms with Crippen molar-refractivity contribution in [3.63, 3.8) is 0 Å². The van der Waals surface area contributed by atoms with E-state index in [1.165, 1.54) is 23.8 Å². The Labute approximate surface area is 238 Å². The van der Waals surface area contributed by atoms with Crippen LogP contribution in [-0.4, -0.2) is 39.7 Å². The third-order valence-corrected chi connectivity index (χ3v) is 7.02. The molecule has 4 N–H and O–H groups in total. The van der Waals surface area contributed by atoms with E-state index in [-0.39, 0.29) is 29.5 Å². The van der Waals surface area contributed by atoms with Crippen LogP contribution >= 0.6 is 0 Å². The predicted octanol–water partition coefficient (Wildman–Crippen LogP) is 4.60. The number of aromatic amines is 1. The standard InChI is InChI=1S/C32H36F2N4O3/c1-3-5-9-30-36-27-11-10-23(16-26(27)32(41)38-30)31(40)37-28(15-22-13-24(33)17-25(34)14-22)29(39)19-35-18-21-8-6-7-20(4-2)12-21/h6-8,10-14,16-17,28-29,35,39H,3-5,9,15,18-19H2,1-2H3,(H,37,40)(H,36,38,41)/t28-,29-/m0/s1. The van der Waals surface area contributed by atoms with Crippen molar-refractivity contribution >= 4 is 16.8 Å². The second-order valence-electron chi connectivity index (χ2n) is 10.3. The molecule has 4 aromatic rings. The molecule has 0 radical (unpaired) electrons. The van der Waals surface area contributed by atoms with Gasteiger partial charge >= 0.3 is 0 Å². The van der Waals surface area contributed by atoms with Gasteiger partial charge in [-0.05, 0) is 66.3 Å². The molecule has 0 aliphatic heterocycles. The van der Waals surface area contributed by atoms with E-state index >= 15 is 0 Å². The van der Waals surface area contributed by atoms with E-state index in [1.807, 2.05) is 18.2 Å². The number of amides is 1. The van der Waals surface area contributed by atoms with Gasteiger partial charge in [0, 0.05) is 31.1 Å². The van der Waals surface area contributed by atoms with Gasteiger partial charge in [-0.15, -0.1) is 0 Å². The Hall–Kier alpha value is -3.95. The van der Waals surface area contributed by atoms with Crippen LogP contribution in [0.5, 0.6) is 0 Å². The monoisotopic (exact) mass is 562 g/mol. The molecule has 4 rings (SSSR count). The number of rotatable bonds is 13. The number of aryl methyl sites for hydroxylation is 2. The minimum atomic E-state index is -1.08. The molecule has 41 heavy (non-hydrogen) atoms. The van der Waals surface area contributed by atoms with Gasteiger partial charge in [-0.25, -0.2) is 13.8 Å². The Balaban J connectivity index is 1.51. The molecule has 0 aliphatic rings. The molecule has 9 heteroatoms. The summed E-state index contributed by atoms with van der Waals surface area (Å²) in [6.45, 7) is 4.76. The van der Waals surface area contributed by atoms with Gasteiger partial charge in [-0.2, -0.15) is 0 Å². The number of hydrogen-bond acceptors (Lipinski definition) is 5. The lowest BCUT2D eigenvalue weighted by Crippen LogP contribution is -2.48. The lowest BCUT2D eigenvalue weighted by Gasteiger charge is -2.25. The largest absolute Gasteiger partial charge is 0.390 e. The summed E-state index contributed by atoms with van der Waals surface area (Å²) in [7, 11) is 0. The average Bonchev–Trinajstić information content (AvgIpc) is 2.95. The van der Waals surface area contributed by atoms with E-state index in [0.29, 0.717) is 29.9 Å². The molecule has 1 amide bonds. The average molecular weight is 563 g/mol. The van der Waals surface area contributed by atoms with Gasteiger partial charge in [-0.1, -0.05) is 44.5 Å². The van der Waals surface area contributed by atoms with Crippen LogP contribution in [0.15, 0.2) is 65.5 Å². The van der Waals surface area contributed by atoms with Crippen LogP contribution < -0.4 is 16.2 Å². The second-order valence-corrected chi connectivity index (χ2v) is 10.3. The first-order valence-corrected chi connectivity index (χ1v) is 14.0. The quantitative estimate of drug-likeness (QED) is 0.191. The topological polar surface area (TPSA) is 107 Å². The molecule has 0 aliphatic carbocycles. The first-order chi connectivity index (χ1) is 19.7. The molecule has 216 valence electrons. The molecule has 0 saturated carbocycles. The highest BCUT2D eigenvalue weighted by Gasteiger charge is 2.23. The molecule has 0 unspecified atom stereocenters. The number of nitrogens with zero attached hydrogens (tertiary/aromatic N) is 1. The summed E-state index contributed by atoms with van der Waals surface area (Å²) in [5, 5.41) is 17.4. The summed E-state index contributed by atoms with van der Waals surface area (Å²) in [6.07, 6.45) is 2.34. The zero-order chi connectivity index (χ0) is 29.4. The molecular weight excluding hydrogens is 526 g/mol. The first kappa shape index (κ1) is 30.0. The van der Waals surface area contributed by atoms with Gasteiger partial charge in [0.2, 0.25) is 0 Å². The fourth-order valence-electron chi connectivity index (χ4n) is 4.77. The summed E-state index contributed by atoms with van der Waals surface area (Å²) in [5.41, 5.74) is 2.90. The molecule has 2 atom stereocenters. The van der Waals surface area contributed by atoms with E-state index in [2.05, 4.69) is 40.5 Å². The fourth-order valence-corrected chi connectivity index (χ4v) is 4.77. The number of carbonyl (C=O) groups is 1. The number of aromatic nitrogens is 2. The van der Waals surface area contributed by atoms with Crippen molar-refractivity contribution < 1.29 is 18.7 Å². The van der Waals surface area contributed by atoms with Gasteiger partial charge in [-0.3, -0.25) is 9.59 Å². The van der Waals surface area contributed by atoms with Gasteiger partial charge in [0.05, 0.1) is 23.0 Å². The van der Waals surface area contributed by atoms with Gasteiger partial charge in [0.15, 0.2) is 0 Å². The van der Waals surface area contributed by atoms with Crippen LogP contribution in [0.1, 0.15) is 59.6 Å². The van der Waals surface area contributed by atoms with Crippen molar-refractivity contribution in [2.75, 3.05) is 6.54 Å². The number of aliphatic hydroxyl groups excluding tert-OH is 1. The minimum Gasteiger partial charge on any atom is -0.390 e. The molecule has 0 fully saturated rings. The first-order valence-electron chi connectivity index (χ1n) is 14.0. The number of nitrogens with one attached hydrogen (secondary N) is 3. The highest BCUT2D eigenvalue weighted by molar-refractivity contribution is 5.98. The van der Waals surface area contributed by atoms with Crippen LogP contribution in [0.25, 0.3) is 10.9 Å².